The Balaban J connectivity index is 1.54. The van der Waals surface area contributed by atoms with Crippen molar-refractivity contribution >= 4 is 21.8 Å². The second kappa shape index (κ2) is 9.37. The molecule has 6 aromatic rings. The summed E-state index contributed by atoms with van der Waals surface area (Å²) in [4.78, 5) is 8.47. The molecule has 0 unspecified atom stereocenters. The van der Waals surface area contributed by atoms with Crippen LogP contribution in [0, 0.1) is 29.6 Å². The van der Waals surface area contributed by atoms with Crippen LogP contribution in [0.15, 0.2) is 91.3 Å². The van der Waals surface area contributed by atoms with E-state index in [4.69, 9.17) is 5.26 Å². The van der Waals surface area contributed by atoms with Crippen LogP contribution in [0.5, 0.6) is 0 Å². The number of benzene rings is 4. The molecule has 40 heavy (non-hydrogen) atoms. The Morgan fingerprint density at radius 1 is 0.725 bits per heavy atom. The van der Waals surface area contributed by atoms with Gasteiger partial charge in [-0.25, -0.2) is 9.97 Å². The van der Waals surface area contributed by atoms with E-state index in [1.54, 1.807) is 25.1 Å². The van der Waals surface area contributed by atoms with Gasteiger partial charge in [-0.1, -0.05) is 30.3 Å². The summed E-state index contributed by atoms with van der Waals surface area (Å²) in [5.74, 6) is 0.394. The van der Waals surface area contributed by atoms with Crippen LogP contribution in [-0.4, -0.2) is 14.5 Å². The Bertz CT molecular complexity index is 2020. The lowest BCUT2D eigenvalue weighted by atomic mass is 9.98. The second-order valence-corrected chi connectivity index (χ2v) is 9.42. The normalized spacial score (nSPS) is 11.4. The Hall–Kier alpha value is -5.47. The van der Waals surface area contributed by atoms with Gasteiger partial charge in [0, 0.05) is 28.7 Å². The van der Waals surface area contributed by atoms with Crippen molar-refractivity contribution in [1.29, 1.82) is 10.5 Å². The summed E-state index contributed by atoms with van der Waals surface area (Å²) in [5.41, 5.74) is 4.67. The van der Waals surface area contributed by atoms with E-state index in [0.717, 1.165) is 27.9 Å². The van der Waals surface area contributed by atoms with Gasteiger partial charge in [0.2, 0.25) is 0 Å². The first-order chi connectivity index (χ1) is 19.3. The summed E-state index contributed by atoms with van der Waals surface area (Å²) in [5, 5.41) is 20.9. The van der Waals surface area contributed by atoms with Gasteiger partial charge in [-0.2, -0.15) is 23.7 Å². The number of halogens is 3. The van der Waals surface area contributed by atoms with E-state index >= 15 is 0 Å². The van der Waals surface area contributed by atoms with Gasteiger partial charge in [0.05, 0.1) is 33.4 Å². The highest BCUT2D eigenvalue weighted by Gasteiger charge is 2.31. The molecule has 0 bridgehead atoms. The number of nitrogens with zero attached hydrogens (tertiary/aromatic N) is 5. The molecule has 2 aromatic heterocycles. The molecule has 2 heterocycles. The fraction of sp³-hybridized carbons (Fsp3) is 0.0625. The lowest BCUT2D eigenvalue weighted by molar-refractivity contribution is -0.137. The summed E-state index contributed by atoms with van der Waals surface area (Å²) in [6.45, 7) is 1.65. The number of aromatic nitrogens is 3. The van der Waals surface area contributed by atoms with Crippen LogP contribution in [0.4, 0.5) is 13.2 Å². The molecule has 192 valence electrons. The summed E-state index contributed by atoms with van der Waals surface area (Å²) in [7, 11) is 0. The summed E-state index contributed by atoms with van der Waals surface area (Å²) < 4.78 is 42.5. The maximum atomic E-state index is 13.5. The summed E-state index contributed by atoms with van der Waals surface area (Å²) >= 11 is 0. The average molecular weight is 530 g/mol. The third-order valence-corrected chi connectivity index (χ3v) is 6.81. The Morgan fingerprint density at radius 3 is 2.17 bits per heavy atom. The van der Waals surface area contributed by atoms with Crippen LogP contribution < -0.4 is 0 Å². The van der Waals surface area contributed by atoms with Crippen molar-refractivity contribution in [3.8, 4) is 40.3 Å². The van der Waals surface area contributed by atoms with Crippen molar-refractivity contribution in [1.82, 2.24) is 14.5 Å². The highest BCUT2D eigenvalue weighted by atomic mass is 19.4. The number of hydrogen-bond acceptors (Lipinski definition) is 4. The molecular weight excluding hydrogens is 511 g/mol. The number of fused-ring (bicyclic) bond motifs is 3. The molecule has 5 nitrogen and oxygen atoms in total. The topological polar surface area (TPSA) is 78.3 Å². The minimum absolute atomic E-state index is 0.339. The zero-order valence-corrected chi connectivity index (χ0v) is 21.0. The fourth-order valence-corrected chi connectivity index (χ4v) is 5.02. The fourth-order valence-electron chi connectivity index (χ4n) is 5.02. The van der Waals surface area contributed by atoms with Crippen molar-refractivity contribution in [2.75, 3.05) is 0 Å². The summed E-state index contributed by atoms with van der Waals surface area (Å²) in [6, 6.07) is 27.0. The first kappa shape index (κ1) is 24.8. The SMILES string of the molecule is Cc1cc(-c2ccc3c(c2)c2ccccc2n3-c2ccc(-c3ncc(C#N)cn3)cc2C#N)cc(C(F)(F)F)c1. The molecule has 0 atom stereocenters. The van der Waals surface area contributed by atoms with Gasteiger partial charge < -0.3 is 4.57 Å². The zero-order valence-electron chi connectivity index (χ0n) is 21.0. The molecule has 0 amide bonds. The highest BCUT2D eigenvalue weighted by Crippen LogP contribution is 2.38. The van der Waals surface area contributed by atoms with Crippen molar-refractivity contribution in [2.45, 2.75) is 13.1 Å². The molecular formula is C32H18F3N5. The third-order valence-electron chi connectivity index (χ3n) is 6.81. The predicted molar refractivity (Wildman–Crippen MR) is 146 cm³/mol. The van der Waals surface area contributed by atoms with Gasteiger partial charge in [0.25, 0.3) is 0 Å². The van der Waals surface area contributed by atoms with Crippen molar-refractivity contribution in [2.24, 2.45) is 0 Å². The molecule has 8 heteroatoms. The number of rotatable bonds is 3. The number of para-hydroxylation sites is 1. The molecule has 0 aliphatic carbocycles. The predicted octanol–water partition coefficient (Wildman–Crippen LogP) is 7.98. The van der Waals surface area contributed by atoms with Gasteiger partial charge in [-0.05, 0) is 72.1 Å². The largest absolute Gasteiger partial charge is 0.416 e. The lowest BCUT2D eigenvalue weighted by Crippen LogP contribution is -2.05. The molecule has 0 aliphatic heterocycles. The van der Waals surface area contributed by atoms with Gasteiger partial charge in [-0.3, -0.25) is 0 Å². The maximum absolute atomic E-state index is 13.5. The van der Waals surface area contributed by atoms with Gasteiger partial charge in [-0.15, -0.1) is 0 Å². The molecule has 0 aliphatic rings. The maximum Gasteiger partial charge on any atom is 0.416 e. The average Bonchev–Trinajstić information content (AvgIpc) is 3.29. The Labute approximate surface area is 227 Å². The first-order valence-electron chi connectivity index (χ1n) is 12.3. The standard InChI is InChI=1S/C32H18F3N5/c1-19-10-23(13-25(11-19)32(33,34)35)21-6-9-30-27(14-21)26-4-2-3-5-29(26)40(30)28-8-7-22(12-24(28)16-37)31-38-17-20(15-36)18-39-31/h2-14,17-18H,1H3. The molecule has 0 N–H and O–H groups in total. The van der Waals surface area contributed by atoms with Gasteiger partial charge in [0.1, 0.15) is 12.1 Å². The van der Waals surface area contributed by atoms with E-state index in [9.17, 15) is 18.4 Å². The van der Waals surface area contributed by atoms with E-state index in [2.05, 4.69) is 16.0 Å². The first-order valence-corrected chi connectivity index (χ1v) is 12.3. The molecule has 4 aromatic carbocycles. The van der Waals surface area contributed by atoms with E-state index in [1.807, 2.05) is 59.2 Å². The number of nitriles is 2. The smallest absolute Gasteiger partial charge is 0.308 e. The highest BCUT2D eigenvalue weighted by molar-refractivity contribution is 6.10. The van der Waals surface area contributed by atoms with Crippen LogP contribution in [-0.2, 0) is 6.18 Å². The quantitative estimate of drug-likeness (QED) is 0.233. The monoisotopic (exact) mass is 529 g/mol. The summed E-state index contributed by atoms with van der Waals surface area (Å²) in [6.07, 6.45) is -1.58. The lowest BCUT2D eigenvalue weighted by Gasteiger charge is -2.12. The van der Waals surface area contributed by atoms with Gasteiger partial charge in [0.15, 0.2) is 5.82 Å². The van der Waals surface area contributed by atoms with E-state index < -0.39 is 11.7 Å². The Kier molecular flexibility index (Phi) is 5.82. The van der Waals surface area contributed by atoms with Crippen molar-refractivity contribution < 1.29 is 13.2 Å². The second-order valence-electron chi connectivity index (χ2n) is 9.42. The molecule has 6 rings (SSSR count). The number of alkyl halides is 3. The van der Waals surface area contributed by atoms with Crippen LogP contribution in [0.3, 0.4) is 0 Å². The third kappa shape index (κ3) is 4.22. The molecule has 0 saturated carbocycles. The minimum Gasteiger partial charge on any atom is -0.308 e. The van der Waals surface area contributed by atoms with Crippen LogP contribution in [0.2, 0.25) is 0 Å². The van der Waals surface area contributed by atoms with Gasteiger partial charge >= 0.3 is 6.18 Å². The number of aryl methyl sites for hydroxylation is 1. The molecule has 0 saturated heterocycles. The molecule has 0 radical (unpaired) electrons. The van der Waals surface area contributed by atoms with Crippen molar-refractivity contribution in [3.63, 3.8) is 0 Å². The van der Waals surface area contributed by atoms with Crippen LogP contribution in [0.1, 0.15) is 22.3 Å². The van der Waals surface area contributed by atoms with Crippen molar-refractivity contribution in [3.05, 3.63) is 114 Å². The van der Waals surface area contributed by atoms with Crippen LogP contribution in [0.25, 0.3) is 50.0 Å². The van der Waals surface area contributed by atoms with E-state index in [0.29, 0.717) is 44.9 Å². The molecule has 0 fully saturated rings. The zero-order chi connectivity index (χ0) is 28.0. The number of hydrogen-bond donors (Lipinski definition) is 0. The Morgan fingerprint density at radius 2 is 1.45 bits per heavy atom. The van der Waals surface area contributed by atoms with E-state index in [-0.39, 0.29) is 0 Å². The van der Waals surface area contributed by atoms with Crippen LogP contribution >= 0.6 is 0 Å². The van der Waals surface area contributed by atoms with E-state index in [1.165, 1.54) is 18.5 Å². The molecule has 0 spiro atoms. The minimum atomic E-state index is -4.44.